The third-order valence-corrected chi connectivity index (χ3v) is 5.03. The van der Waals surface area contributed by atoms with Crippen molar-refractivity contribution in [2.24, 2.45) is 0 Å². The zero-order valence-corrected chi connectivity index (χ0v) is 16.0. The molecule has 6 heteroatoms. The second kappa shape index (κ2) is 8.84. The second-order valence-electron chi connectivity index (χ2n) is 7.18. The van der Waals surface area contributed by atoms with Crippen LogP contribution < -0.4 is 5.32 Å². The van der Waals surface area contributed by atoms with Gasteiger partial charge in [-0.2, -0.15) is 5.10 Å². The van der Waals surface area contributed by atoms with Crippen LogP contribution in [0.15, 0.2) is 36.5 Å². The van der Waals surface area contributed by atoms with E-state index in [0.717, 1.165) is 37.1 Å². The van der Waals surface area contributed by atoms with Crippen molar-refractivity contribution < 1.29 is 14.3 Å². The van der Waals surface area contributed by atoms with Crippen LogP contribution in [0.3, 0.4) is 0 Å². The molecule has 0 saturated heterocycles. The minimum atomic E-state index is -0.811. The molecule has 0 aliphatic heterocycles. The van der Waals surface area contributed by atoms with E-state index < -0.39 is 12.1 Å². The molecule has 1 atom stereocenters. The highest BCUT2D eigenvalue weighted by molar-refractivity contribution is 5.92. The SMILES string of the molecule is Cc1ccnn1-c1ccc(C(=O)O[C@@H](C)C(=O)NC2CCCCCC2)cc1. The van der Waals surface area contributed by atoms with Crippen molar-refractivity contribution in [3.8, 4) is 5.69 Å². The van der Waals surface area contributed by atoms with Crippen molar-refractivity contribution in [1.29, 1.82) is 0 Å². The minimum absolute atomic E-state index is 0.192. The maximum absolute atomic E-state index is 12.3. The molecule has 27 heavy (non-hydrogen) atoms. The number of nitrogens with one attached hydrogen (secondary N) is 1. The Hall–Kier alpha value is -2.63. The van der Waals surface area contributed by atoms with E-state index in [2.05, 4.69) is 10.4 Å². The molecule has 1 aromatic carbocycles. The van der Waals surface area contributed by atoms with Crippen LogP contribution in [0.2, 0.25) is 0 Å². The molecule has 0 radical (unpaired) electrons. The fourth-order valence-corrected chi connectivity index (χ4v) is 3.40. The standard InChI is InChI=1S/C21H27N3O3/c1-15-13-14-22-24(15)19-11-9-17(10-12-19)21(26)27-16(2)20(25)23-18-7-5-3-4-6-8-18/h9-14,16,18H,3-8H2,1-2H3,(H,23,25)/t16-/m0/s1. The number of aromatic nitrogens is 2. The zero-order valence-electron chi connectivity index (χ0n) is 16.0. The van der Waals surface area contributed by atoms with Gasteiger partial charge in [0.15, 0.2) is 6.10 Å². The number of rotatable bonds is 5. The molecule has 1 aliphatic rings. The Labute approximate surface area is 159 Å². The summed E-state index contributed by atoms with van der Waals surface area (Å²) in [5, 5.41) is 7.26. The van der Waals surface area contributed by atoms with E-state index in [9.17, 15) is 9.59 Å². The maximum Gasteiger partial charge on any atom is 0.338 e. The molecule has 6 nitrogen and oxygen atoms in total. The molecule has 1 N–H and O–H groups in total. The number of hydrogen-bond donors (Lipinski definition) is 1. The lowest BCUT2D eigenvalue weighted by molar-refractivity contribution is -0.129. The van der Waals surface area contributed by atoms with E-state index in [1.807, 2.05) is 25.1 Å². The van der Waals surface area contributed by atoms with Gasteiger partial charge in [0, 0.05) is 17.9 Å². The first kappa shape index (κ1) is 19.1. The quantitative estimate of drug-likeness (QED) is 0.646. The average Bonchev–Trinajstić information content (AvgIpc) is 2.93. The zero-order chi connectivity index (χ0) is 19.2. The van der Waals surface area contributed by atoms with Crippen molar-refractivity contribution in [3.63, 3.8) is 0 Å². The Balaban J connectivity index is 1.56. The van der Waals surface area contributed by atoms with Crippen molar-refractivity contribution in [1.82, 2.24) is 15.1 Å². The molecule has 0 bridgehead atoms. The number of nitrogens with zero attached hydrogens (tertiary/aromatic N) is 2. The lowest BCUT2D eigenvalue weighted by atomic mass is 10.1. The van der Waals surface area contributed by atoms with Crippen LogP contribution in [-0.4, -0.2) is 33.8 Å². The highest BCUT2D eigenvalue weighted by Gasteiger charge is 2.22. The largest absolute Gasteiger partial charge is 0.449 e. The van der Waals surface area contributed by atoms with Gasteiger partial charge in [-0.05, 0) is 57.0 Å². The third-order valence-electron chi connectivity index (χ3n) is 5.03. The van der Waals surface area contributed by atoms with Gasteiger partial charge in [-0.25, -0.2) is 9.48 Å². The molecule has 0 spiro atoms. The van der Waals surface area contributed by atoms with Crippen molar-refractivity contribution in [3.05, 3.63) is 47.8 Å². The van der Waals surface area contributed by atoms with Crippen molar-refractivity contribution >= 4 is 11.9 Å². The number of hydrogen-bond acceptors (Lipinski definition) is 4. The first-order valence-electron chi connectivity index (χ1n) is 9.67. The summed E-state index contributed by atoms with van der Waals surface area (Å²) < 4.78 is 7.14. The van der Waals surface area contributed by atoms with E-state index in [1.165, 1.54) is 12.8 Å². The van der Waals surface area contributed by atoms with E-state index in [0.29, 0.717) is 5.56 Å². The van der Waals surface area contributed by atoms with E-state index in [1.54, 1.807) is 29.9 Å². The molecule has 1 heterocycles. The van der Waals surface area contributed by atoms with E-state index in [4.69, 9.17) is 4.74 Å². The van der Waals surface area contributed by atoms with Crippen LogP contribution in [0.4, 0.5) is 0 Å². The van der Waals surface area contributed by atoms with E-state index >= 15 is 0 Å². The topological polar surface area (TPSA) is 73.2 Å². The van der Waals surface area contributed by atoms with Gasteiger partial charge in [0.05, 0.1) is 11.3 Å². The predicted octanol–water partition coefficient (Wildman–Crippen LogP) is 3.57. The van der Waals surface area contributed by atoms with Gasteiger partial charge < -0.3 is 10.1 Å². The molecule has 1 fully saturated rings. The Kier molecular flexibility index (Phi) is 6.27. The van der Waals surface area contributed by atoms with Crippen LogP contribution in [0.1, 0.15) is 61.5 Å². The van der Waals surface area contributed by atoms with Crippen LogP contribution in [0.25, 0.3) is 5.69 Å². The maximum atomic E-state index is 12.3. The van der Waals surface area contributed by atoms with Gasteiger partial charge in [-0.3, -0.25) is 4.79 Å². The van der Waals surface area contributed by atoms with Crippen LogP contribution in [-0.2, 0) is 9.53 Å². The molecule has 0 unspecified atom stereocenters. The van der Waals surface area contributed by atoms with Crippen LogP contribution in [0, 0.1) is 6.92 Å². The van der Waals surface area contributed by atoms with Gasteiger partial charge in [0.1, 0.15) is 0 Å². The molecular weight excluding hydrogens is 342 g/mol. The summed E-state index contributed by atoms with van der Waals surface area (Å²) in [6.45, 7) is 3.58. The summed E-state index contributed by atoms with van der Waals surface area (Å²) in [5.74, 6) is -0.721. The average molecular weight is 369 g/mol. The Morgan fingerprint density at radius 1 is 1.11 bits per heavy atom. The summed E-state index contributed by atoms with van der Waals surface area (Å²) in [7, 11) is 0. The number of carbonyl (C=O) groups is 2. The Morgan fingerprint density at radius 2 is 1.78 bits per heavy atom. The number of amides is 1. The first-order valence-corrected chi connectivity index (χ1v) is 9.67. The van der Waals surface area contributed by atoms with Crippen LogP contribution >= 0.6 is 0 Å². The molecule has 1 aromatic heterocycles. The van der Waals surface area contributed by atoms with Gasteiger partial charge in [-0.15, -0.1) is 0 Å². The monoisotopic (exact) mass is 369 g/mol. The molecule has 2 aromatic rings. The second-order valence-corrected chi connectivity index (χ2v) is 7.18. The van der Waals surface area contributed by atoms with Crippen molar-refractivity contribution in [2.75, 3.05) is 0 Å². The number of carbonyl (C=O) groups excluding carboxylic acids is 2. The summed E-state index contributed by atoms with van der Waals surface area (Å²) in [5.41, 5.74) is 2.29. The van der Waals surface area contributed by atoms with Gasteiger partial charge in [0.2, 0.25) is 0 Å². The summed E-state index contributed by atoms with van der Waals surface area (Å²) in [6.07, 6.45) is 7.65. The van der Waals surface area contributed by atoms with Crippen LogP contribution in [0.5, 0.6) is 0 Å². The van der Waals surface area contributed by atoms with Gasteiger partial charge in [0.25, 0.3) is 5.91 Å². The third kappa shape index (κ3) is 4.96. The predicted molar refractivity (Wildman–Crippen MR) is 103 cm³/mol. The van der Waals surface area contributed by atoms with Gasteiger partial charge in [-0.1, -0.05) is 25.7 Å². The molecule has 1 saturated carbocycles. The molecule has 1 amide bonds. The molecule has 1 aliphatic carbocycles. The molecular formula is C21H27N3O3. The van der Waals surface area contributed by atoms with Gasteiger partial charge >= 0.3 is 5.97 Å². The minimum Gasteiger partial charge on any atom is -0.449 e. The number of benzene rings is 1. The smallest absolute Gasteiger partial charge is 0.338 e. The fourth-order valence-electron chi connectivity index (χ4n) is 3.40. The summed E-state index contributed by atoms with van der Waals surface area (Å²) in [4.78, 5) is 24.7. The first-order chi connectivity index (χ1) is 13.0. The number of esters is 1. The van der Waals surface area contributed by atoms with Crippen molar-refractivity contribution in [2.45, 2.75) is 64.5 Å². The Morgan fingerprint density at radius 3 is 2.37 bits per heavy atom. The number of aryl methyl sites for hydroxylation is 1. The lowest BCUT2D eigenvalue weighted by Crippen LogP contribution is -2.41. The summed E-state index contributed by atoms with van der Waals surface area (Å²) in [6, 6.07) is 9.11. The fraction of sp³-hybridized carbons (Fsp3) is 0.476. The van der Waals surface area contributed by atoms with E-state index in [-0.39, 0.29) is 11.9 Å². The summed E-state index contributed by atoms with van der Waals surface area (Å²) >= 11 is 0. The highest BCUT2D eigenvalue weighted by atomic mass is 16.5. The lowest BCUT2D eigenvalue weighted by Gasteiger charge is -2.19. The number of ether oxygens (including phenoxy) is 1. The highest BCUT2D eigenvalue weighted by Crippen LogP contribution is 2.18. The molecule has 3 rings (SSSR count). The normalized spacial score (nSPS) is 16.4. The Bertz CT molecular complexity index is 774. The molecule has 144 valence electrons.